The van der Waals surface area contributed by atoms with Gasteiger partial charge in [0.05, 0.1) is 5.60 Å². The largest absolute Gasteiger partial charge is 0.375 e. The van der Waals surface area contributed by atoms with Crippen molar-refractivity contribution in [3.63, 3.8) is 0 Å². The number of thiol groups is 1. The second-order valence-corrected chi connectivity index (χ2v) is 3.21. The molecule has 11 heavy (non-hydrogen) atoms. The van der Waals surface area contributed by atoms with E-state index in [0.717, 1.165) is 5.57 Å². The molecule has 0 spiro atoms. The van der Waals surface area contributed by atoms with E-state index in [1.165, 1.54) is 0 Å². The van der Waals surface area contributed by atoms with Crippen LogP contribution in [0.2, 0.25) is 0 Å². The van der Waals surface area contributed by atoms with Crippen LogP contribution in [0.4, 0.5) is 0 Å². The Hall–Kier alpha value is -0.210. The fourth-order valence-corrected chi connectivity index (χ4v) is 0.895. The molecule has 0 heterocycles. The maximum absolute atomic E-state index is 5.21. The third-order valence-corrected chi connectivity index (χ3v) is 1.87. The Morgan fingerprint density at radius 2 is 2.18 bits per heavy atom. The lowest BCUT2D eigenvalue weighted by Gasteiger charge is -2.19. The zero-order valence-corrected chi connectivity index (χ0v) is 8.32. The van der Waals surface area contributed by atoms with E-state index in [4.69, 9.17) is 4.74 Å². The summed E-state index contributed by atoms with van der Waals surface area (Å²) in [5.41, 5.74) is 0.881. The fourth-order valence-electron chi connectivity index (χ4n) is 0.675. The summed E-state index contributed by atoms with van der Waals surface area (Å²) >= 11 is 4.15. The van der Waals surface area contributed by atoms with E-state index in [-0.39, 0.29) is 5.60 Å². The van der Waals surface area contributed by atoms with Crippen LogP contribution in [0.3, 0.4) is 0 Å². The summed E-state index contributed by atoms with van der Waals surface area (Å²) < 4.78 is 5.21. The van der Waals surface area contributed by atoms with Crippen molar-refractivity contribution in [3.05, 3.63) is 24.3 Å². The number of allylic oxidation sites excluding steroid dienone is 1. The van der Waals surface area contributed by atoms with Crippen molar-refractivity contribution >= 4 is 12.6 Å². The first-order valence-electron chi connectivity index (χ1n) is 3.56. The minimum atomic E-state index is -0.216. The molecule has 64 valence electrons. The van der Waals surface area contributed by atoms with Gasteiger partial charge >= 0.3 is 0 Å². The second-order valence-electron chi connectivity index (χ2n) is 2.89. The van der Waals surface area contributed by atoms with Crippen molar-refractivity contribution in [2.24, 2.45) is 0 Å². The minimum Gasteiger partial charge on any atom is -0.375 e. The maximum atomic E-state index is 5.21. The Labute approximate surface area is 74.5 Å². The van der Waals surface area contributed by atoms with Crippen molar-refractivity contribution < 1.29 is 4.74 Å². The fraction of sp³-hybridized carbons (Fsp3) is 0.556. The van der Waals surface area contributed by atoms with E-state index in [0.29, 0.717) is 5.75 Å². The highest BCUT2D eigenvalue weighted by Gasteiger charge is 2.11. The summed E-state index contributed by atoms with van der Waals surface area (Å²) in [5.74, 6) is 0.705. The van der Waals surface area contributed by atoms with E-state index in [1.54, 1.807) is 13.2 Å². The van der Waals surface area contributed by atoms with Crippen LogP contribution in [0.5, 0.6) is 0 Å². The van der Waals surface area contributed by atoms with E-state index >= 15 is 0 Å². The van der Waals surface area contributed by atoms with E-state index in [2.05, 4.69) is 19.2 Å². The summed E-state index contributed by atoms with van der Waals surface area (Å²) in [6.45, 7) is 7.68. The average molecular weight is 172 g/mol. The van der Waals surface area contributed by atoms with Gasteiger partial charge in [-0.05, 0) is 25.5 Å². The highest BCUT2D eigenvalue weighted by atomic mass is 32.1. The molecule has 0 N–H and O–H groups in total. The maximum Gasteiger partial charge on any atom is 0.0808 e. The molecule has 0 saturated carbocycles. The number of rotatable bonds is 4. The number of hydrogen-bond donors (Lipinski definition) is 1. The Morgan fingerprint density at radius 3 is 2.45 bits per heavy atom. The van der Waals surface area contributed by atoms with Crippen LogP contribution in [-0.2, 0) is 4.74 Å². The standard InChI is InChI=1S/C9H16OS/c1-5-8(7-11)6-9(2,3)10-4/h5-6,11H,1,7H2,2-4H3/b8-6+. The summed E-state index contributed by atoms with van der Waals surface area (Å²) in [5, 5.41) is 0. The summed E-state index contributed by atoms with van der Waals surface area (Å²) in [6, 6.07) is 0. The minimum absolute atomic E-state index is 0.216. The number of ether oxygens (including phenoxy) is 1. The van der Waals surface area contributed by atoms with Crippen LogP contribution < -0.4 is 0 Å². The van der Waals surface area contributed by atoms with Crippen molar-refractivity contribution in [3.8, 4) is 0 Å². The molecule has 0 aromatic rings. The molecule has 0 aliphatic rings. The molecule has 0 amide bonds. The van der Waals surface area contributed by atoms with Gasteiger partial charge in [0.1, 0.15) is 0 Å². The highest BCUT2D eigenvalue weighted by Crippen LogP contribution is 2.13. The Bertz CT molecular complexity index is 159. The summed E-state index contributed by atoms with van der Waals surface area (Å²) in [7, 11) is 1.69. The van der Waals surface area contributed by atoms with Crippen LogP contribution in [0.15, 0.2) is 24.3 Å². The zero-order chi connectivity index (χ0) is 8.91. The van der Waals surface area contributed by atoms with Crippen LogP contribution in [-0.4, -0.2) is 18.5 Å². The van der Waals surface area contributed by atoms with Gasteiger partial charge in [0.2, 0.25) is 0 Å². The summed E-state index contributed by atoms with van der Waals surface area (Å²) in [6.07, 6.45) is 3.82. The van der Waals surface area contributed by atoms with Gasteiger partial charge in [-0.3, -0.25) is 0 Å². The topological polar surface area (TPSA) is 9.23 Å². The molecule has 0 fully saturated rings. The van der Waals surface area contributed by atoms with Crippen LogP contribution in [0, 0.1) is 0 Å². The first-order chi connectivity index (χ1) is 5.05. The molecule has 0 aliphatic carbocycles. The monoisotopic (exact) mass is 172 g/mol. The van der Waals surface area contributed by atoms with Gasteiger partial charge in [-0.15, -0.1) is 0 Å². The van der Waals surface area contributed by atoms with Crippen molar-refractivity contribution in [1.29, 1.82) is 0 Å². The molecule has 0 rings (SSSR count). The first-order valence-corrected chi connectivity index (χ1v) is 4.19. The SMILES string of the molecule is C=C/C(=C\C(C)(C)OC)CS. The van der Waals surface area contributed by atoms with Gasteiger partial charge in [-0.1, -0.05) is 12.7 Å². The lowest BCUT2D eigenvalue weighted by Crippen LogP contribution is -2.19. The molecule has 1 nitrogen and oxygen atoms in total. The summed E-state index contributed by atoms with van der Waals surface area (Å²) in [4.78, 5) is 0. The van der Waals surface area contributed by atoms with E-state index < -0.39 is 0 Å². The third-order valence-electron chi connectivity index (χ3n) is 1.50. The predicted octanol–water partition coefficient (Wildman–Crippen LogP) is 2.45. The normalized spacial score (nSPS) is 13.3. The molecular formula is C9H16OS. The van der Waals surface area contributed by atoms with Crippen molar-refractivity contribution in [2.45, 2.75) is 19.4 Å². The van der Waals surface area contributed by atoms with Crippen LogP contribution >= 0.6 is 12.6 Å². The number of methoxy groups -OCH3 is 1. The molecule has 0 radical (unpaired) electrons. The van der Waals surface area contributed by atoms with Crippen molar-refractivity contribution in [1.82, 2.24) is 0 Å². The van der Waals surface area contributed by atoms with Gasteiger partial charge in [-0.25, -0.2) is 0 Å². The molecule has 0 aromatic carbocycles. The van der Waals surface area contributed by atoms with E-state index in [1.807, 2.05) is 19.9 Å². The van der Waals surface area contributed by atoms with Gasteiger partial charge in [-0.2, -0.15) is 12.6 Å². The van der Waals surface area contributed by atoms with Gasteiger partial charge < -0.3 is 4.74 Å². The molecule has 0 aliphatic heterocycles. The predicted molar refractivity (Wildman–Crippen MR) is 53.2 cm³/mol. The number of hydrogen-bond acceptors (Lipinski definition) is 2. The Morgan fingerprint density at radius 1 is 1.64 bits per heavy atom. The molecule has 0 unspecified atom stereocenters. The van der Waals surface area contributed by atoms with Crippen LogP contribution in [0.1, 0.15) is 13.8 Å². The zero-order valence-electron chi connectivity index (χ0n) is 7.42. The Kier molecular flexibility index (Phi) is 4.54. The quantitative estimate of drug-likeness (QED) is 0.506. The molecular weight excluding hydrogens is 156 g/mol. The second kappa shape index (κ2) is 4.62. The molecule has 2 heteroatoms. The third kappa shape index (κ3) is 4.27. The molecule has 0 bridgehead atoms. The smallest absolute Gasteiger partial charge is 0.0808 e. The molecule has 0 aromatic heterocycles. The van der Waals surface area contributed by atoms with E-state index in [9.17, 15) is 0 Å². The lowest BCUT2D eigenvalue weighted by atomic mass is 10.1. The van der Waals surface area contributed by atoms with Gasteiger partial charge in [0, 0.05) is 12.9 Å². The van der Waals surface area contributed by atoms with Gasteiger partial charge in [0.15, 0.2) is 0 Å². The van der Waals surface area contributed by atoms with Crippen LogP contribution in [0.25, 0.3) is 0 Å². The molecule has 0 saturated heterocycles. The first kappa shape index (κ1) is 10.8. The Balaban J connectivity index is 4.36. The average Bonchev–Trinajstić information content (AvgIpc) is 2.00. The highest BCUT2D eigenvalue weighted by molar-refractivity contribution is 7.80. The van der Waals surface area contributed by atoms with Crippen molar-refractivity contribution in [2.75, 3.05) is 12.9 Å². The lowest BCUT2D eigenvalue weighted by molar-refractivity contribution is 0.0651. The molecule has 0 atom stereocenters. The van der Waals surface area contributed by atoms with Gasteiger partial charge in [0.25, 0.3) is 0 Å².